The summed E-state index contributed by atoms with van der Waals surface area (Å²) in [5, 5.41) is 18.4. The molecule has 6 nitrogen and oxygen atoms in total. The minimum Gasteiger partial charge on any atom is -0.394 e. The number of aliphatic hydroxyl groups is 2. The summed E-state index contributed by atoms with van der Waals surface area (Å²) >= 11 is 0. The molecule has 33 heavy (non-hydrogen) atoms. The van der Waals surface area contributed by atoms with Gasteiger partial charge in [-0.2, -0.15) is 0 Å². The summed E-state index contributed by atoms with van der Waals surface area (Å²) in [6.07, 6.45) is 13.1. The molecule has 0 amide bonds. The van der Waals surface area contributed by atoms with Gasteiger partial charge >= 0.3 is 0 Å². The van der Waals surface area contributed by atoms with Crippen LogP contribution in [0.4, 0.5) is 0 Å². The normalized spacial score (nSPS) is 20.9. The monoisotopic (exact) mass is 474 g/mol. The van der Waals surface area contributed by atoms with E-state index in [0.29, 0.717) is 52.2 Å². The number of hydrogen-bond acceptors (Lipinski definition) is 6. The Labute approximate surface area is 203 Å². The molecule has 0 bridgehead atoms. The fraction of sp³-hybridized carbons (Fsp3) is 1.00. The van der Waals surface area contributed by atoms with Gasteiger partial charge in [-0.3, -0.25) is 0 Å². The number of rotatable bonds is 22. The summed E-state index contributed by atoms with van der Waals surface area (Å²) in [5.74, 6) is 3.04. The second-order valence-corrected chi connectivity index (χ2v) is 10.3. The van der Waals surface area contributed by atoms with Crippen LogP contribution in [0.1, 0.15) is 85.0 Å². The Kier molecular flexibility index (Phi) is 19.7. The van der Waals surface area contributed by atoms with Gasteiger partial charge < -0.3 is 29.2 Å². The van der Waals surface area contributed by atoms with Gasteiger partial charge in [0.05, 0.1) is 65.6 Å². The Morgan fingerprint density at radius 3 is 1.85 bits per heavy atom. The average molecular weight is 475 g/mol. The molecular weight excluding hydrogens is 420 g/mol. The standard InChI is InChI=1S/C27H54O6/c1-23(2)6-4-7-24(3)8-5-9-25-10-12-26(13-11-25)27(22-29)33-21-20-32-19-18-31-17-16-30-15-14-28/h23-29H,4-22H2,1-3H3. The molecule has 1 fully saturated rings. The van der Waals surface area contributed by atoms with Crippen molar-refractivity contribution in [2.45, 2.75) is 91.1 Å². The van der Waals surface area contributed by atoms with Gasteiger partial charge in [-0.05, 0) is 36.5 Å². The van der Waals surface area contributed by atoms with Crippen LogP contribution >= 0.6 is 0 Å². The zero-order valence-corrected chi connectivity index (χ0v) is 21.8. The lowest BCUT2D eigenvalue weighted by Crippen LogP contribution is -2.32. The van der Waals surface area contributed by atoms with Gasteiger partial charge in [0.2, 0.25) is 0 Å². The van der Waals surface area contributed by atoms with Gasteiger partial charge in [-0.1, -0.05) is 72.1 Å². The van der Waals surface area contributed by atoms with Crippen LogP contribution in [0.25, 0.3) is 0 Å². The maximum Gasteiger partial charge on any atom is 0.0834 e. The zero-order chi connectivity index (χ0) is 24.2. The summed E-state index contributed by atoms with van der Waals surface area (Å²) in [4.78, 5) is 0. The molecule has 2 atom stereocenters. The highest BCUT2D eigenvalue weighted by atomic mass is 16.6. The summed E-state index contributed by atoms with van der Waals surface area (Å²) in [5.41, 5.74) is 0. The molecule has 0 heterocycles. The van der Waals surface area contributed by atoms with Crippen molar-refractivity contribution in [2.75, 3.05) is 59.5 Å². The number of ether oxygens (including phenoxy) is 4. The van der Waals surface area contributed by atoms with Crippen molar-refractivity contribution in [3.63, 3.8) is 0 Å². The maximum absolute atomic E-state index is 9.80. The lowest BCUT2D eigenvalue weighted by molar-refractivity contribution is -0.0617. The molecule has 1 aliphatic rings. The second-order valence-electron chi connectivity index (χ2n) is 10.3. The van der Waals surface area contributed by atoms with E-state index in [1.54, 1.807) is 0 Å². The Hall–Kier alpha value is -0.240. The van der Waals surface area contributed by atoms with Gasteiger partial charge in [0.25, 0.3) is 0 Å². The molecule has 0 aromatic heterocycles. The van der Waals surface area contributed by atoms with Crippen molar-refractivity contribution in [1.29, 1.82) is 0 Å². The van der Waals surface area contributed by atoms with Crippen molar-refractivity contribution >= 4 is 0 Å². The van der Waals surface area contributed by atoms with Gasteiger partial charge in [-0.25, -0.2) is 0 Å². The third-order valence-electron chi connectivity index (χ3n) is 6.92. The molecule has 198 valence electrons. The van der Waals surface area contributed by atoms with Crippen molar-refractivity contribution in [3.8, 4) is 0 Å². The minimum atomic E-state index is -0.0598. The molecule has 2 N–H and O–H groups in total. The van der Waals surface area contributed by atoms with E-state index in [1.807, 2.05) is 0 Å². The highest BCUT2D eigenvalue weighted by Crippen LogP contribution is 2.35. The summed E-state index contributed by atoms with van der Waals surface area (Å²) < 4.78 is 22.0. The topological polar surface area (TPSA) is 77.4 Å². The molecule has 0 aromatic rings. The van der Waals surface area contributed by atoms with Gasteiger partial charge in [0.1, 0.15) is 0 Å². The van der Waals surface area contributed by atoms with Crippen LogP contribution in [0, 0.1) is 23.7 Å². The van der Waals surface area contributed by atoms with Crippen molar-refractivity contribution in [1.82, 2.24) is 0 Å². The third kappa shape index (κ3) is 16.9. The van der Waals surface area contributed by atoms with E-state index in [2.05, 4.69) is 20.8 Å². The third-order valence-corrected chi connectivity index (χ3v) is 6.92. The Morgan fingerprint density at radius 2 is 1.27 bits per heavy atom. The SMILES string of the molecule is CC(C)CCCC(C)CCCC1CCC(C(CO)OCCOCCOCCOCCO)CC1. The van der Waals surface area contributed by atoms with Crippen LogP contribution in [0.3, 0.4) is 0 Å². The molecule has 0 aromatic carbocycles. The smallest absolute Gasteiger partial charge is 0.0834 e. The first-order valence-electron chi connectivity index (χ1n) is 13.6. The maximum atomic E-state index is 9.80. The van der Waals surface area contributed by atoms with Crippen LogP contribution in [-0.2, 0) is 18.9 Å². The Balaban J connectivity index is 2.01. The molecule has 0 spiro atoms. The fourth-order valence-corrected chi connectivity index (χ4v) is 4.83. The molecule has 1 rings (SSSR count). The highest BCUT2D eigenvalue weighted by Gasteiger charge is 2.27. The fourth-order valence-electron chi connectivity index (χ4n) is 4.83. The van der Waals surface area contributed by atoms with Crippen molar-refractivity contribution in [2.24, 2.45) is 23.7 Å². The van der Waals surface area contributed by atoms with Crippen LogP contribution in [0.15, 0.2) is 0 Å². The molecular formula is C27H54O6. The molecule has 6 heteroatoms. The second kappa shape index (κ2) is 21.1. The summed E-state index contributed by atoms with van der Waals surface area (Å²) in [6.45, 7) is 10.6. The predicted molar refractivity (Wildman–Crippen MR) is 134 cm³/mol. The first-order chi connectivity index (χ1) is 16.1. The quantitative estimate of drug-likeness (QED) is 0.219. The summed E-state index contributed by atoms with van der Waals surface area (Å²) in [6, 6.07) is 0. The molecule has 0 radical (unpaired) electrons. The molecule has 2 unspecified atom stereocenters. The van der Waals surface area contributed by atoms with Crippen LogP contribution in [-0.4, -0.2) is 75.8 Å². The van der Waals surface area contributed by atoms with Crippen LogP contribution in [0.5, 0.6) is 0 Å². The van der Waals surface area contributed by atoms with E-state index in [1.165, 1.54) is 64.2 Å². The highest BCUT2D eigenvalue weighted by molar-refractivity contribution is 4.78. The first kappa shape index (κ1) is 30.8. The Bertz CT molecular complexity index is 411. The number of aliphatic hydroxyl groups excluding tert-OH is 2. The van der Waals surface area contributed by atoms with E-state index in [-0.39, 0.29) is 19.3 Å². The lowest BCUT2D eigenvalue weighted by atomic mass is 9.77. The first-order valence-corrected chi connectivity index (χ1v) is 13.6. The van der Waals surface area contributed by atoms with Crippen molar-refractivity contribution in [3.05, 3.63) is 0 Å². The Morgan fingerprint density at radius 1 is 0.697 bits per heavy atom. The zero-order valence-electron chi connectivity index (χ0n) is 21.8. The van der Waals surface area contributed by atoms with Crippen LogP contribution in [0.2, 0.25) is 0 Å². The molecule has 0 aliphatic heterocycles. The predicted octanol–water partition coefficient (Wildman–Crippen LogP) is 4.85. The van der Waals surface area contributed by atoms with E-state index < -0.39 is 0 Å². The largest absolute Gasteiger partial charge is 0.394 e. The van der Waals surface area contributed by atoms with E-state index >= 15 is 0 Å². The van der Waals surface area contributed by atoms with Gasteiger partial charge in [-0.15, -0.1) is 0 Å². The van der Waals surface area contributed by atoms with Gasteiger partial charge in [0.15, 0.2) is 0 Å². The van der Waals surface area contributed by atoms with E-state index in [9.17, 15) is 5.11 Å². The number of hydrogen-bond donors (Lipinski definition) is 2. The lowest BCUT2D eigenvalue weighted by Gasteiger charge is -2.33. The molecule has 1 aliphatic carbocycles. The van der Waals surface area contributed by atoms with Crippen LogP contribution < -0.4 is 0 Å². The van der Waals surface area contributed by atoms with Gasteiger partial charge in [0, 0.05) is 0 Å². The average Bonchev–Trinajstić information content (AvgIpc) is 2.80. The molecule has 1 saturated carbocycles. The minimum absolute atomic E-state index is 0.0392. The van der Waals surface area contributed by atoms with Crippen molar-refractivity contribution < 1.29 is 29.2 Å². The molecule has 0 saturated heterocycles. The summed E-state index contributed by atoms with van der Waals surface area (Å²) in [7, 11) is 0. The van der Waals surface area contributed by atoms with E-state index in [0.717, 1.165) is 17.8 Å². The van der Waals surface area contributed by atoms with E-state index in [4.69, 9.17) is 24.1 Å².